The predicted octanol–water partition coefficient (Wildman–Crippen LogP) is 0.967. The van der Waals surface area contributed by atoms with E-state index in [2.05, 4.69) is 20.4 Å². The van der Waals surface area contributed by atoms with E-state index in [0.717, 1.165) is 0 Å². The van der Waals surface area contributed by atoms with E-state index in [9.17, 15) is 0 Å². The highest BCUT2D eigenvalue weighted by Crippen LogP contribution is 2.08. The van der Waals surface area contributed by atoms with Gasteiger partial charge in [-0.2, -0.15) is 4.98 Å². The number of nitrogens with two attached hydrogens (primary N) is 1. The number of nitrogens with zero attached hydrogens (tertiary/aromatic N) is 3. The van der Waals surface area contributed by atoms with Gasteiger partial charge in [0.1, 0.15) is 5.82 Å². The Morgan fingerprint density at radius 2 is 2.40 bits per heavy atom. The third-order valence-electron chi connectivity index (χ3n) is 1.77. The Morgan fingerprint density at radius 1 is 1.53 bits per heavy atom. The molecule has 15 heavy (non-hydrogen) atoms. The SMILES string of the molecule is Cc1noc(CNc2cc(N)ccn2)n1. The largest absolute Gasteiger partial charge is 0.399 e. The van der Waals surface area contributed by atoms with Crippen LogP contribution in [0.2, 0.25) is 0 Å². The molecule has 0 radical (unpaired) electrons. The van der Waals surface area contributed by atoms with E-state index < -0.39 is 0 Å². The Labute approximate surface area is 86.5 Å². The van der Waals surface area contributed by atoms with Crippen LogP contribution in [0.3, 0.4) is 0 Å². The summed E-state index contributed by atoms with van der Waals surface area (Å²) in [5.74, 6) is 1.83. The van der Waals surface area contributed by atoms with Crippen molar-refractivity contribution >= 4 is 11.5 Å². The minimum absolute atomic E-state index is 0.442. The third-order valence-corrected chi connectivity index (χ3v) is 1.77. The molecule has 2 rings (SSSR count). The minimum Gasteiger partial charge on any atom is -0.399 e. The average molecular weight is 205 g/mol. The summed E-state index contributed by atoms with van der Waals surface area (Å²) in [6.45, 7) is 2.21. The third kappa shape index (κ3) is 2.43. The highest BCUT2D eigenvalue weighted by Gasteiger charge is 2.02. The van der Waals surface area contributed by atoms with Crippen LogP contribution in [-0.4, -0.2) is 15.1 Å². The summed E-state index contributed by atoms with van der Waals surface area (Å²) in [4.78, 5) is 8.13. The summed E-state index contributed by atoms with van der Waals surface area (Å²) in [5.41, 5.74) is 6.26. The van der Waals surface area contributed by atoms with E-state index >= 15 is 0 Å². The molecule has 0 aromatic carbocycles. The average Bonchev–Trinajstić information content (AvgIpc) is 2.62. The van der Waals surface area contributed by atoms with Gasteiger partial charge in [-0.1, -0.05) is 5.16 Å². The zero-order chi connectivity index (χ0) is 10.7. The van der Waals surface area contributed by atoms with Crippen LogP contribution in [0, 0.1) is 6.92 Å². The molecule has 78 valence electrons. The second-order valence-electron chi connectivity index (χ2n) is 3.06. The van der Waals surface area contributed by atoms with Gasteiger partial charge in [0.15, 0.2) is 5.82 Å². The fraction of sp³-hybridized carbons (Fsp3) is 0.222. The first-order valence-corrected chi connectivity index (χ1v) is 4.48. The number of rotatable bonds is 3. The molecule has 0 fully saturated rings. The van der Waals surface area contributed by atoms with Gasteiger partial charge in [-0.25, -0.2) is 4.98 Å². The number of hydrogen-bond acceptors (Lipinski definition) is 6. The van der Waals surface area contributed by atoms with Gasteiger partial charge < -0.3 is 15.6 Å². The lowest BCUT2D eigenvalue weighted by Gasteiger charge is -2.02. The van der Waals surface area contributed by atoms with Crippen LogP contribution in [0.5, 0.6) is 0 Å². The summed E-state index contributed by atoms with van der Waals surface area (Å²) in [7, 11) is 0. The Hall–Kier alpha value is -2.11. The number of hydrogen-bond donors (Lipinski definition) is 2. The molecule has 0 amide bonds. The smallest absolute Gasteiger partial charge is 0.245 e. The second-order valence-corrected chi connectivity index (χ2v) is 3.06. The summed E-state index contributed by atoms with van der Waals surface area (Å²) in [5, 5.41) is 6.70. The number of anilines is 2. The first kappa shape index (κ1) is 9.45. The standard InChI is InChI=1S/C9H11N5O/c1-6-13-9(15-14-6)5-12-8-4-7(10)2-3-11-8/h2-4H,5H2,1H3,(H3,10,11,12). The van der Waals surface area contributed by atoms with Crippen LogP contribution in [-0.2, 0) is 6.54 Å². The molecular formula is C9H11N5O. The van der Waals surface area contributed by atoms with Crippen molar-refractivity contribution in [2.24, 2.45) is 0 Å². The lowest BCUT2D eigenvalue weighted by molar-refractivity contribution is 0.379. The summed E-state index contributed by atoms with van der Waals surface area (Å²) in [6.07, 6.45) is 1.64. The van der Waals surface area contributed by atoms with Gasteiger partial charge in [-0.3, -0.25) is 0 Å². The molecule has 2 aromatic heterocycles. The normalized spacial score (nSPS) is 10.2. The molecule has 0 atom stereocenters. The molecule has 0 bridgehead atoms. The van der Waals surface area contributed by atoms with Crippen LogP contribution in [0.4, 0.5) is 11.5 Å². The zero-order valence-electron chi connectivity index (χ0n) is 8.27. The fourth-order valence-corrected chi connectivity index (χ4v) is 1.12. The first-order valence-electron chi connectivity index (χ1n) is 4.48. The maximum atomic E-state index is 5.60. The van der Waals surface area contributed by atoms with Crippen molar-refractivity contribution < 1.29 is 4.52 Å². The van der Waals surface area contributed by atoms with Crippen molar-refractivity contribution in [3.8, 4) is 0 Å². The van der Waals surface area contributed by atoms with Crippen molar-refractivity contribution in [2.45, 2.75) is 13.5 Å². The van der Waals surface area contributed by atoms with Crippen molar-refractivity contribution in [1.82, 2.24) is 15.1 Å². The second kappa shape index (κ2) is 3.95. The molecule has 2 aromatic rings. The summed E-state index contributed by atoms with van der Waals surface area (Å²) in [6, 6.07) is 3.46. The van der Waals surface area contributed by atoms with E-state index in [4.69, 9.17) is 10.3 Å². The van der Waals surface area contributed by atoms with E-state index in [-0.39, 0.29) is 0 Å². The molecule has 0 aliphatic carbocycles. The van der Waals surface area contributed by atoms with Crippen LogP contribution < -0.4 is 11.1 Å². The van der Waals surface area contributed by atoms with Gasteiger partial charge in [0.25, 0.3) is 0 Å². The molecular weight excluding hydrogens is 194 g/mol. The summed E-state index contributed by atoms with van der Waals surface area (Å²) >= 11 is 0. The first-order chi connectivity index (χ1) is 7.24. The van der Waals surface area contributed by atoms with E-state index in [1.54, 1.807) is 25.3 Å². The molecule has 6 nitrogen and oxygen atoms in total. The van der Waals surface area contributed by atoms with E-state index in [1.807, 2.05) is 0 Å². The van der Waals surface area contributed by atoms with Gasteiger partial charge in [0.2, 0.25) is 5.89 Å². The van der Waals surface area contributed by atoms with Crippen molar-refractivity contribution in [3.05, 3.63) is 30.0 Å². The Kier molecular flexibility index (Phi) is 2.49. The molecule has 3 N–H and O–H groups in total. The molecule has 0 saturated carbocycles. The molecule has 0 saturated heterocycles. The van der Waals surface area contributed by atoms with Crippen LogP contribution in [0.25, 0.3) is 0 Å². The molecule has 2 heterocycles. The van der Waals surface area contributed by atoms with Crippen molar-refractivity contribution in [3.63, 3.8) is 0 Å². The Morgan fingerprint density at radius 3 is 3.07 bits per heavy atom. The quantitative estimate of drug-likeness (QED) is 0.775. The van der Waals surface area contributed by atoms with Gasteiger partial charge in [0, 0.05) is 18.0 Å². The van der Waals surface area contributed by atoms with Crippen LogP contribution in [0.1, 0.15) is 11.7 Å². The molecule has 0 spiro atoms. The molecule has 0 unspecified atom stereocenters. The molecule has 0 aliphatic rings. The van der Waals surface area contributed by atoms with Gasteiger partial charge in [0.05, 0.1) is 6.54 Å². The molecule has 6 heteroatoms. The van der Waals surface area contributed by atoms with Crippen molar-refractivity contribution in [1.29, 1.82) is 0 Å². The number of aromatic nitrogens is 3. The van der Waals surface area contributed by atoms with E-state index in [0.29, 0.717) is 29.8 Å². The fourth-order valence-electron chi connectivity index (χ4n) is 1.12. The van der Waals surface area contributed by atoms with Gasteiger partial charge in [-0.05, 0) is 13.0 Å². The Balaban J connectivity index is 1.99. The topological polar surface area (TPSA) is 89.9 Å². The minimum atomic E-state index is 0.442. The molecule has 0 aliphatic heterocycles. The number of nitrogen functional groups attached to an aromatic ring is 1. The lowest BCUT2D eigenvalue weighted by Crippen LogP contribution is -2.02. The number of aryl methyl sites for hydroxylation is 1. The zero-order valence-corrected chi connectivity index (χ0v) is 8.27. The predicted molar refractivity (Wildman–Crippen MR) is 55.0 cm³/mol. The van der Waals surface area contributed by atoms with Gasteiger partial charge >= 0.3 is 0 Å². The Bertz CT molecular complexity index is 453. The van der Waals surface area contributed by atoms with E-state index in [1.165, 1.54) is 0 Å². The van der Waals surface area contributed by atoms with Crippen LogP contribution >= 0.6 is 0 Å². The number of pyridine rings is 1. The number of nitrogens with one attached hydrogen (secondary N) is 1. The maximum Gasteiger partial charge on any atom is 0.245 e. The van der Waals surface area contributed by atoms with Crippen molar-refractivity contribution in [2.75, 3.05) is 11.1 Å². The maximum absolute atomic E-state index is 5.60. The van der Waals surface area contributed by atoms with Gasteiger partial charge in [-0.15, -0.1) is 0 Å². The highest BCUT2D eigenvalue weighted by atomic mass is 16.5. The highest BCUT2D eigenvalue weighted by molar-refractivity contribution is 5.48. The van der Waals surface area contributed by atoms with Crippen LogP contribution in [0.15, 0.2) is 22.9 Å². The lowest BCUT2D eigenvalue weighted by atomic mass is 10.4. The summed E-state index contributed by atoms with van der Waals surface area (Å²) < 4.78 is 4.93. The monoisotopic (exact) mass is 205 g/mol.